The highest BCUT2D eigenvalue weighted by Gasteiger charge is 2.42. The lowest BCUT2D eigenvalue weighted by Crippen LogP contribution is -2.49. The van der Waals surface area contributed by atoms with Crippen LogP contribution in [0.3, 0.4) is 0 Å². The quantitative estimate of drug-likeness (QED) is 0.742. The summed E-state index contributed by atoms with van der Waals surface area (Å²) in [5, 5.41) is 0. The van der Waals surface area contributed by atoms with Crippen molar-refractivity contribution in [2.45, 2.75) is 65.8 Å². The normalized spacial score (nSPS) is 25.4. The number of hydrogen-bond acceptors (Lipinski definition) is 3. The summed E-state index contributed by atoms with van der Waals surface area (Å²) < 4.78 is 11.4. The van der Waals surface area contributed by atoms with Crippen LogP contribution < -0.4 is 0 Å². The zero-order valence-corrected chi connectivity index (χ0v) is 11.1. The Balaban J connectivity index is 2.71. The Kier molecular flexibility index (Phi) is 4.13. The molecule has 94 valence electrons. The molecule has 0 spiro atoms. The Hall–Kier alpha value is -0.410. The van der Waals surface area contributed by atoms with Crippen molar-refractivity contribution in [2.24, 2.45) is 5.41 Å². The molecule has 0 radical (unpaired) electrons. The van der Waals surface area contributed by atoms with E-state index in [0.29, 0.717) is 13.0 Å². The first-order valence-corrected chi connectivity index (χ1v) is 6.14. The maximum absolute atomic E-state index is 12.1. The third-order valence-corrected chi connectivity index (χ3v) is 3.26. The van der Waals surface area contributed by atoms with E-state index >= 15 is 0 Å². The van der Waals surface area contributed by atoms with E-state index in [1.165, 1.54) is 0 Å². The molecule has 1 heterocycles. The highest BCUT2D eigenvalue weighted by atomic mass is 16.7. The molecule has 1 atom stereocenters. The van der Waals surface area contributed by atoms with Crippen LogP contribution in [0.5, 0.6) is 0 Å². The number of hydrogen-bond donors (Lipinski definition) is 0. The first-order chi connectivity index (χ1) is 7.29. The second-order valence-corrected chi connectivity index (χ2v) is 5.54. The molecule has 0 bridgehead atoms. The van der Waals surface area contributed by atoms with Crippen molar-refractivity contribution >= 4 is 5.78 Å². The monoisotopic (exact) mass is 228 g/mol. The topological polar surface area (TPSA) is 35.5 Å². The van der Waals surface area contributed by atoms with E-state index in [9.17, 15) is 4.79 Å². The minimum Gasteiger partial charge on any atom is -0.350 e. The molecule has 1 rings (SSSR count). The van der Waals surface area contributed by atoms with Crippen LogP contribution in [0.4, 0.5) is 0 Å². The summed E-state index contributed by atoms with van der Waals surface area (Å²) in [4.78, 5) is 12.1. The van der Waals surface area contributed by atoms with Gasteiger partial charge >= 0.3 is 0 Å². The van der Waals surface area contributed by atoms with Gasteiger partial charge in [-0.25, -0.2) is 0 Å². The molecule has 0 aliphatic carbocycles. The van der Waals surface area contributed by atoms with Gasteiger partial charge in [0.05, 0.1) is 12.7 Å². The Morgan fingerprint density at radius 1 is 1.44 bits per heavy atom. The van der Waals surface area contributed by atoms with Crippen LogP contribution in [0.2, 0.25) is 0 Å². The summed E-state index contributed by atoms with van der Waals surface area (Å²) in [5.74, 6) is -0.273. The third kappa shape index (κ3) is 3.05. The van der Waals surface area contributed by atoms with Gasteiger partial charge in [-0.15, -0.1) is 0 Å². The summed E-state index contributed by atoms with van der Waals surface area (Å²) in [6, 6.07) is 0. The van der Waals surface area contributed by atoms with Crippen LogP contribution >= 0.6 is 0 Å². The number of carbonyl (C=O) groups excluding carboxylic acids is 1. The second-order valence-electron chi connectivity index (χ2n) is 5.54. The molecule has 1 aliphatic heterocycles. The molecule has 0 aromatic rings. The average molecular weight is 228 g/mol. The molecule has 3 heteroatoms. The van der Waals surface area contributed by atoms with E-state index in [4.69, 9.17) is 9.47 Å². The first-order valence-electron chi connectivity index (χ1n) is 6.14. The van der Waals surface area contributed by atoms with Crippen molar-refractivity contribution in [2.75, 3.05) is 6.61 Å². The minimum absolute atomic E-state index is 0.0321. The molecular weight excluding hydrogens is 204 g/mol. The molecule has 0 aromatic carbocycles. The maximum Gasteiger partial charge on any atom is 0.163 e. The number of ketones is 1. The third-order valence-electron chi connectivity index (χ3n) is 3.26. The molecule has 0 N–H and O–H groups in total. The summed E-state index contributed by atoms with van der Waals surface area (Å²) in [6.07, 6.45) is 2.30. The van der Waals surface area contributed by atoms with Crippen molar-refractivity contribution in [1.29, 1.82) is 0 Å². The SMILES string of the molecule is CCCC(=O)C(C)(C)[C@H]1CCOC(C)(C)O1. The van der Waals surface area contributed by atoms with Gasteiger partial charge in [-0.2, -0.15) is 0 Å². The van der Waals surface area contributed by atoms with E-state index in [2.05, 4.69) is 0 Å². The lowest BCUT2D eigenvalue weighted by molar-refractivity contribution is -0.288. The van der Waals surface area contributed by atoms with E-state index in [1.807, 2.05) is 34.6 Å². The fraction of sp³-hybridized carbons (Fsp3) is 0.923. The van der Waals surface area contributed by atoms with Crippen molar-refractivity contribution in [3.05, 3.63) is 0 Å². The molecule has 0 saturated carbocycles. The van der Waals surface area contributed by atoms with Crippen molar-refractivity contribution in [1.82, 2.24) is 0 Å². The fourth-order valence-corrected chi connectivity index (χ4v) is 2.08. The molecule has 1 fully saturated rings. The van der Waals surface area contributed by atoms with E-state index in [-0.39, 0.29) is 11.9 Å². The molecular formula is C13H24O3. The predicted octanol–water partition coefficient (Wildman–Crippen LogP) is 2.92. The van der Waals surface area contributed by atoms with Crippen molar-refractivity contribution in [3.63, 3.8) is 0 Å². The maximum atomic E-state index is 12.1. The van der Waals surface area contributed by atoms with Gasteiger partial charge in [0.15, 0.2) is 5.79 Å². The molecule has 16 heavy (non-hydrogen) atoms. The van der Waals surface area contributed by atoms with Gasteiger partial charge in [-0.3, -0.25) is 4.79 Å². The van der Waals surface area contributed by atoms with Gasteiger partial charge in [0.25, 0.3) is 0 Å². The molecule has 0 unspecified atom stereocenters. The van der Waals surface area contributed by atoms with Crippen LogP contribution in [-0.2, 0) is 14.3 Å². The van der Waals surface area contributed by atoms with Crippen molar-refractivity contribution < 1.29 is 14.3 Å². The lowest BCUT2D eigenvalue weighted by Gasteiger charge is -2.42. The Morgan fingerprint density at radius 2 is 2.06 bits per heavy atom. The summed E-state index contributed by atoms with van der Waals surface area (Å²) in [5.41, 5.74) is -0.406. The second kappa shape index (κ2) is 4.84. The predicted molar refractivity (Wildman–Crippen MR) is 63.2 cm³/mol. The largest absolute Gasteiger partial charge is 0.350 e. The molecule has 3 nitrogen and oxygen atoms in total. The first kappa shape index (κ1) is 13.7. The van der Waals surface area contributed by atoms with Crippen LogP contribution in [0, 0.1) is 5.41 Å². The van der Waals surface area contributed by atoms with Gasteiger partial charge in [0.1, 0.15) is 5.78 Å². The smallest absolute Gasteiger partial charge is 0.163 e. The van der Waals surface area contributed by atoms with E-state index in [1.54, 1.807) is 0 Å². The van der Waals surface area contributed by atoms with Gasteiger partial charge in [-0.05, 0) is 26.7 Å². The number of Topliss-reactive ketones (excluding diaryl/α,β-unsaturated/α-hetero) is 1. The zero-order valence-electron chi connectivity index (χ0n) is 11.1. The highest BCUT2D eigenvalue weighted by molar-refractivity contribution is 5.84. The lowest BCUT2D eigenvalue weighted by atomic mass is 9.78. The molecule has 1 aliphatic rings. The van der Waals surface area contributed by atoms with Gasteiger partial charge in [0, 0.05) is 11.8 Å². The highest BCUT2D eigenvalue weighted by Crippen LogP contribution is 2.35. The van der Waals surface area contributed by atoms with E-state index < -0.39 is 11.2 Å². The molecule has 0 aromatic heterocycles. The summed E-state index contributed by atoms with van der Waals surface area (Å²) in [7, 11) is 0. The van der Waals surface area contributed by atoms with Crippen LogP contribution in [0.25, 0.3) is 0 Å². The fourth-order valence-electron chi connectivity index (χ4n) is 2.08. The Morgan fingerprint density at radius 3 is 2.56 bits per heavy atom. The summed E-state index contributed by atoms with van der Waals surface area (Å²) in [6.45, 7) is 10.5. The summed E-state index contributed by atoms with van der Waals surface area (Å²) >= 11 is 0. The standard InChI is InChI=1S/C13H24O3/c1-6-7-10(14)12(2,3)11-8-9-15-13(4,5)16-11/h11H,6-9H2,1-5H3/t11-/m1/s1. The molecule has 0 amide bonds. The van der Waals surface area contributed by atoms with Crippen molar-refractivity contribution in [3.8, 4) is 0 Å². The van der Waals surface area contributed by atoms with E-state index in [0.717, 1.165) is 12.8 Å². The van der Waals surface area contributed by atoms with Crippen LogP contribution in [-0.4, -0.2) is 24.3 Å². The Labute approximate surface area is 98.5 Å². The minimum atomic E-state index is -0.563. The zero-order chi connectivity index (χ0) is 12.4. The number of ether oxygens (including phenoxy) is 2. The average Bonchev–Trinajstić information content (AvgIpc) is 2.16. The van der Waals surface area contributed by atoms with Gasteiger partial charge < -0.3 is 9.47 Å². The number of rotatable bonds is 4. The van der Waals surface area contributed by atoms with Gasteiger partial charge in [0.2, 0.25) is 0 Å². The van der Waals surface area contributed by atoms with Gasteiger partial charge in [-0.1, -0.05) is 20.8 Å². The van der Waals surface area contributed by atoms with Crippen LogP contribution in [0.15, 0.2) is 0 Å². The molecule has 1 saturated heterocycles. The van der Waals surface area contributed by atoms with Crippen LogP contribution in [0.1, 0.15) is 53.9 Å². The Bertz CT molecular complexity index is 256. The number of carbonyl (C=O) groups is 1.